The van der Waals surface area contributed by atoms with Crippen LogP contribution in [0.4, 0.5) is 5.69 Å². The second-order valence-electron chi connectivity index (χ2n) is 6.00. The van der Waals surface area contributed by atoms with E-state index in [1.165, 1.54) is 25.7 Å². The van der Waals surface area contributed by atoms with Gasteiger partial charge in [0.05, 0.1) is 6.42 Å². The Hall–Kier alpha value is -1.51. The summed E-state index contributed by atoms with van der Waals surface area (Å²) in [5.41, 5.74) is 7.44. The van der Waals surface area contributed by atoms with Crippen LogP contribution in [0.5, 0.6) is 0 Å². The molecule has 3 nitrogen and oxygen atoms in total. The molecule has 1 amide bonds. The van der Waals surface area contributed by atoms with Crippen LogP contribution >= 0.6 is 0 Å². The lowest BCUT2D eigenvalue weighted by Gasteiger charge is -2.29. The molecule has 0 spiro atoms. The molecule has 1 aliphatic rings. The van der Waals surface area contributed by atoms with Crippen LogP contribution in [0.15, 0.2) is 24.3 Å². The summed E-state index contributed by atoms with van der Waals surface area (Å²) < 4.78 is 0. The number of hydrogen-bond donors (Lipinski definition) is 2. The first-order valence-electron chi connectivity index (χ1n) is 7.81. The molecule has 1 aromatic carbocycles. The van der Waals surface area contributed by atoms with Gasteiger partial charge < -0.3 is 11.1 Å². The average Bonchev–Trinajstić information content (AvgIpc) is 2.41. The highest BCUT2D eigenvalue weighted by Crippen LogP contribution is 2.27. The van der Waals surface area contributed by atoms with Gasteiger partial charge in [0.2, 0.25) is 5.91 Å². The van der Waals surface area contributed by atoms with E-state index in [0.29, 0.717) is 12.5 Å². The van der Waals surface area contributed by atoms with Gasteiger partial charge in [0, 0.05) is 11.7 Å². The number of nitrogens with two attached hydrogens (primary N) is 1. The quantitative estimate of drug-likeness (QED) is 0.810. The van der Waals surface area contributed by atoms with E-state index in [1.807, 2.05) is 24.3 Å². The summed E-state index contributed by atoms with van der Waals surface area (Å²) >= 11 is 0. The van der Waals surface area contributed by atoms with Crippen molar-refractivity contribution in [1.29, 1.82) is 0 Å². The van der Waals surface area contributed by atoms with Crippen LogP contribution in [-0.4, -0.2) is 11.9 Å². The van der Waals surface area contributed by atoms with E-state index in [4.69, 9.17) is 5.73 Å². The number of carbonyl (C=O) groups excluding carboxylic acids is 1. The highest BCUT2D eigenvalue weighted by atomic mass is 16.1. The predicted molar refractivity (Wildman–Crippen MR) is 83.4 cm³/mol. The van der Waals surface area contributed by atoms with E-state index in [0.717, 1.165) is 30.0 Å². The number of nitrogens with one attached hydrogen (secondary N) is 1. The van der Waals surface area contributed by atoms with Crippen LogP contribution < -0.4 is 11.1 Å². The topological polar surface area (TPSA) is 55.1 Å². The first kappa shape index (κ1) is 14.9. The summed E-state index contributed by atoms with van der Waals surface area (Å²) in [5, 5.41) is 3.17. The van der Waals surface area contributed by atoms with Crippen molar-refractivity contribution >= 4 is 11.6 Å². The number of benzene rings is 1. The number of amides is 1. The zero-order chi connectivity index (χ0) is 14.4. The Labute approximate surface area is 121 Å². The molecule has 0 atom stereocenters. The lowest BCUT2D eigenvalue weighted by atomic mass is 9.83. The summed E-state index contributed by atoms with van der Waals surface area (Å²) in [6.45, 7) is 2.25. The standard InChI is InChI=1S/C17H26N2O/c1-2-4-13-7-9-16(10-8-13)19-17(20)12-14-5-3-6-15(18)11-14/h3,5-6,11,13,16H,2,4,7-10,12,18H2,1H3,(H,19,20). The van der Waals surface area contributed by atoms with E-state index >= 15 is 0 Å². The van der Waals surface area contributed by atoms with Crippen LogP contribution in [0.1, 0.15) is 51.0 Å². The SMILES string of the molecule is CCCC1CCC(NC(=O)Cc2cccc(N)c2)CC1. The average molecular weight is 274 g/mol. The van der Waals surface area contributed by atoms with E-state index in [-0.39, 0.29) is 5.91 Å². The number of carbonyl (C=O) groups is 1. The number of rotatable bonds is 5. The van der Waals surface area contributed by atoms with Gasteiger partial charge in [-0.05, 0) is 49.3 Å². The lowest BCUT2D eigenvalue weighted by molar-refractivity contribution is -0.121. The third-order valence-corrected chi connectivity index (χ3v) is 4.22. The molecule has 3 heteroatoms. The fourth-order valence-corrected chi connectivity index (χ4v) is 3.17. The largest absolute Gasteiger partial charge is 0.399 e. The van der Waals surface area contributed by atoms with Crippen molar-refractivity contribution in [3.8, 4) is 0 Å². The zero-order valence-corrected chi connectivity index (χ0v) is 12.4. The van der Waals surface area contributed by atoms with Gasteiger partial charge in [0.25, 0.3) is 0 Å². The van der Waals surface area contributed by atoms with E-state index in [2.05, 4.69) is 12.2 Å². The third kappa shape index (κ3) is 4.55. The van der Waals surface area contributed by atoms with Crippen molar-refractivity contribution in [3.05, 3.63) is 29.8 Å². The second-order valence-corrected chi connectivity index (χ2v) is 6.00. The maximum atomic E-state index is 12.0. The van der Waals surface area contributed by atoms with Gasteiger partial charge in [-0.25, -0.2) is 0 Å². The van der Waals surface area contributed by atoms with Crippen LogP contribution in [0, 0.1) is 5.92 Å². The lowest BCUT2D eigenvalue weighted by Crippen LogP contribution is -2.38. The summed E-state index contributed by atoms with van der Waals surface area (Å²) in [7, 11) is 0. The molecule has 20 heavy (non-hydrogen) atoms. The van der Waals surface area contributed by atoms with Crippen molar-refractivity contribution in [2.45, 2.75) is 57.9 Å². The Bertz CT molecular complexity index is 436. The van der Waals surface area contributed by atoms with E-state index in [1.54, 1.807) is 0 Å². The van der Waals surface area contributed by atoms with Gasteiger partial charge in [-0.2, -0.15) is 0 Å². The predicted octanol–water partition coefficient (Wildman–Crippen LogP) is 3.29. The molecule has 1 fully saturated rings. The van der Waals surface area contributed by atoms with Crippen LogP contribution in [0.3, 0.4) is 0 Å². The molecule has 1 aromatic rings. The van der Waals surface area contributed by atoms with Gasteiger partial charge in [-0.1, -0.05) is 31.9 Å². The molecule has 1 saturated carbocycles. The Morgan fingerprint density at radius 1 is 1.30 bits per heavy atom. The fourth-order valence-electron chi connectivity index (χ4n) is 3.17. The minimum Gasteiger partial charge on any atom is -0.399 e. The minimum atomic E-state index is 0.120. The van der Waals surface area contributed by atoms with Gasteiger partial charge in [-0.3, -0.25) is 4.79 Å². The van der Waals surface area contributed by atoms with Crippen molar-refractivity contribution in [2.75, 3.05) is 5.73 Å². The molecular formula is C17H26N2O. The van der Waals surface area contributed by atoms with E-state index in [9.17, 15) is 4.79 Å². The van der Waals surface area contributed by atoms with Crippen LogP contribution in [0.2, 0.25) is 0 Å². The molecule has 3 N–H and O–H groups in total. The first-order valence-corrected chi connectivity index (χ1v) is 7.81. The maximum Gasteiger partial charge on any atom is 0.224 e. The highest BCUT2D eigenvalue weighted by molar-refractivity contribution is 5.79. The number of anilines is 1. The monoisotopic (exact) mass is 274 g/mol. The van der Waals surface area contributed by atoms with Crippen LogP contribution in [0.25, 0.3) is 0 Å². The summed E-state index contributed by atoms with van der Waals surface area (Å²) in [4.78, 5) is 12.0. The molecule has 0 aliphatic heterocycles. The smallest absolute Gasteiger partial charge is 0.224 e. The third-order valence-electron chi connectivity index (χ3n) is 4.22. The molecule has 0 unspecified atom stereocenters. The highest BCUT2D eigenvalue weighted by Gasteiger charge is 2.21. The molecule has 0 heterocycles. The molecule has 1 aliphatic carbocycles. The maximum absolute atomic E-state index is 12.0. The number of nitrogen functional groups attached to an aromatic ring is 1. The summed E-state index contributed by atoms with van der Waals surface area (Å²) in [5.74, 6) is 0.997. The van der Waals surface area contributed by atoms with E-state index < -0.39 is 0 Å². The molecular weight excluding hydrogens is 248 g/mol. The molecule has 0 aromatic heterocycles. The molecule has 2 rings (SSSR count). The van der Waals surface area contributed by atoms with Gasteiger partial charge in [0.15, 0.2) is 0 Å². The summed E-state index contributed by atoms with van der Waals surface area (Å²) in [6.07, 6.45) is 7.83. The Morgan fingerprint density at radius 2 is 2.05 bits per heavy atom. The molecule has 0 saturated heterocycles. The Morgan fingerprint density at radius 3 is 2.70 bits per heavy atom. The van der Waals surface area contributed by atoms with Crippen molar-refractivity contribution in [3.63, 3.8) is 0 Å². The molecule has 110 valence electrons. The summed E-state index contributed by atoms with van der Waals surface area (Å²) in [6, 6.07) is 7.94. The normalized spacial score (nSPS) is 22.4. The molecule has 0 bridgehead atoms. The molecule has 0 radical (unpaired) electrons. The Balaban J connectivity index is 1.75. The zero-order valence-electron chi connectivity index (χ0n) is 12.4. The van der Waals surface area contributed by atoms with Crippen molar-refractivity contribution in [2.24, 2.45) is 5.92 Å². The first-order chi connectivity index (χ1) is 9.67. The van der Waals surface area contributed by atoms with Crippen LogP contribution in [-0.2, 0) is 11.2 Å². The second kappa shape index (κ2) is 7.32. The minimum absolute atomic E-state index is 0.120. The van der Waals surface area contributed by atoms with Gasteiger partial charge in [-0.15, -0.1) is 0 Å². The van der Waals surface area contributed by atoms with Crippen molar-refractivity contribution < 1.29 is 4.79 Å². The van der Waals surface area contributed by atoms with Crippen molar-refractivity contribution in [1.82, 2.24) is 5.32 Å². The fraction of sp³-hybridized carbons (Fsp3) is 0.588. The van der Waals surface area contributed by atoms with Gasteiger partial charge >= 0.3 is 0 Å². The Kier molecular flexibility index (Phi) is 5.45. The van der Waals surface area contributed by atoms with Gasteiger partial charge in [0.1, 0.15) is 0 Å². The number of hydrogen-bond acceptors (Lipinski definition) is 2.